The summed E-state index contributed by atoms with van der Waals surface area (Å²) in [4.78, 5) is 12.0. The van der Waals surface area contributed by atoms with Crippen LogP contribution in [0, 0.1) is 0 Å². The third kappa shape index (κ3) is 4.97. The lowest BCUT2D eigenvalue weighted by Crippen LogP contribution is -2.46. The van der Waals surface area contributed by atoms with Gasteiger partial charge < -0.3 is 10.4 Å². The lowest BCUT2D eigenvalue weighted by atomic mass is 9.93. The minimum atomic E-state index is -0.557. The molecule has 3 nitrogen and oxygen atoms in total. The van der Waals surface area contributed by atoms with Crippen molar-refractivity contribution >= 4 is 5.91 Å². The summed E-state index contributed by atoms with van der Waals surface area (Å²) < 4.78 is 0. The number of benzene rings is 1. The zero-order chi connectivity index (χ0) is 15.3. The summed E-state index contributed by atoms with van der Waals surface area (Å²) >= 11 is 0. The van der Waals surface area contributed by atoms with E-state index >= 15 is 0 Å². The summed E-state index contributed by atoms with van der Waals surface area (Å²) in [6.45, 7) is 9.96. The van der Waals surface area contributed by atoms with E-state index in [0.29, 0.717) is 12.3 Å². The molecule has 112 valence electrons. The van der Waals surface area contributed by atoms with Crippen molar-refractivity contribution in [3.8, 4) is 0 Å². The van der Waals surface area contributed by atoms with Gasteiger partial charge in [-0.3, -0.25) is 4.79 Å². The number of amides is 1. The number of carbonyl (C=O) groups is 1. The second-order valence-electron chi connectivity index (χ2n) is 6.52. The van der Waals surface area contributed by atoms with Crippen LogP contribution in [0.4, 0.5) is 0 Å². The molecule has 1 amide bonds. The van der Waals surface area contributed by atoms with Crippen molar-refractivity contribution in [1.29, 1.82) is 0 Å². The van der Waals surface area contributed by atoms with Crippen LogP contribution in [0.25, 0.3) is 0 Å². The maximum absolute atomic E-state index is 12.0. The molecule has 0 aliphatic rings. The fourth-order valence-electron chi connectivity index (χ4n) is 2.07. The first-order valence-electron chi connectivity index (χ1n) is 7.27. The van der Waals surface area contributed by atoms with E-state index in [1.165, 1.54) is 11.1 Å². The van der Waals surface area contributed by atoms with E-state index < -0.39 is 5.54 Å². The molecule has 1 unspecified atom stereocenters. The predicted molar refractivity (Wildman–Crippen MR) is 82.9 cm³/mol. The smallest absolute Gasteiger partial charge is 0.221 e. The Morgan fingerprint density at radius 3 is 2.10 bits per heavy atom. The number of aliphatic hydroxyl groups excluding tert-OH is 1. The zero-order valence-electron chi connectivity index (χ0n) is 13.2. The summed E-state index contributed by atoms with van der Waals surface area (Å²) in [5.74, 6) is 0.670. The number of carbonyl (C=O) groups excluding carboxylic acids is 1. The van der Waals surface area contributed by atoms with Crippen molar-refractivity contribution < 1.29 is 9.90 Å². The Hall–Kier alpha value is -1.35. The first kappa shape index (κ1) is 16.7. The number of rotatable bonds is 6. The normalized spacial score (nSPS) is 13.3. The summed E-state index contributed by atoms with van der Waals surface area (Å²) in [6.07, 6.45) is 0.435. The quantitative estimate of drug-likeness (QED) is 0.839. The molecule has 2 N–H and O–H groups in total. The van der Waals surface area contributed by atoms with Crippen molar-refractivity contribution in [3.05, 3.63) is 35.4 Å². The van der Waals surface area contributed by atoms with Gasteiger partial charge in [0.05, 0.1) is 12.1 Å². The van der Waals surface area contributed by atoms with Gasteiger partial charge in [-0.15, -0.1) is 0 Å². The van der Waals surface area contributed by atoms with Crippen LogP contribution in [-0.4, -0.2) is 23.2 Å². The zero-order valence-corrected chi connectivity index (χ0v) is 13.2. The van der Waals surface area contributed by atoms with Crippen molar-refractivity contribution in [2.45, 2.75) is 58.4 Å². The van der Waals surface area contributed by atoms with Gasteiger partial charge >= 0.3 is 0 Å². The lowest BCUT2D eigenvalue weighted by molar-refractivity contribution is -0.123. The van der Waals surface area contributed by atoms with Gasteiger partial charge in [0, 0.05) is 6.42 Å². The molecule has 0 heterocycles. The fourth-order valence-corrected chi connectivity index (χ4v) is 2.07. The second-order valence-corrected chi connectivity index (χ2v) is 6.52. The molecule has 1 atom stereocenters. The Bertz CT molecular complexity index is 435. The Kier molecular flexibility index (Phi) is 5.75. The average Bonchev–Trinajstić information content (AvgIpc) is 2.38. The van der Waals surface area contributed by atoms with Crippen LogP contribution in [0.5, 0.6) is 0 Å². The van der Waals surface area contributed by atoms with Gasteiger partial charge in [0.15, 0.2) is 0 Å². The molecule has 0 aromatic heterocycles. The third-order valence-electron chi connectivity index (χ3n) is 3.54. The molecule has 0 aliphatic heterocycles. The molecule has 20 heavy (non-hydrogen) atoms. The van der Waals surface area contributed by atoms with Gasteiger partial charge in [0.2, 0.25) is 5.91 Å². The number of aliphatic hydroxyl groups is 1. The van der Waals surface area contributed by atoms with Crippen LogP contribution in [0.2, 0.25) is 0 Å². The minimum Gasteiger partial charge on any atom is -0.394 e. The van der Waals surface area contributed by atoms with E-state index in [2.05, 4.69) is 50.4 Å². The van der Waals surface area contributed by atoms with Gasteiger partial charge in [-0.25, -0.2) is 0 Å². The SMILES string of the molecule is CC(C)c1ccc(C(C)CC(=O)NC(C)(C)CO)cc1. The highest BCUT2D eigenvalue weighted by molar-refractivity contribution is 5.77. The first-order chi connectivity index (χ1) is 9.25. The average molecular weight is 277 g/mol. The highest BCUT2D eigenvalue weighted by Crippen LogP contribution is 2.22. The van der Waals surface area contributed by atoms with Crippen molar-refractivity contribution in [2.75, 3.05) is 6.61 Å². The molecule has 3 heteroatoms. The van der Waals surface area contributed by atoms with E-state index in [-0.39, 0.29) is 18.4 Å². The van der Waals surface area contributed by atoms with E-state index in [0.717, 1.165) is 0 Å². The molecule has 0 aliphatic carbocycles. The van der Waals surface area contributed by atoms with E-state index in [1.807, 2.05) is 13.8 Å². The van der Waals surface area contributed by atoms with E-state index in [9.17, 15) is 4.79 Å². The van der Waals surface area contributed by atoms with Crippen LogP contribution in [-0.2, 0) is 4.79 Å². The van der Waals surface area contributed by atoms with Crippen molar-refractivity contribution in [2.24, 2.45) is 0 Å². The second kappa shape index (κ2) is 6.89. The number of hydrogen-bond donors (Lipinski definition) is 2. The molecular formula is C17H27NO2. The Morgan fingerprint density at radius 1 is 1.15 bits per heavy atom. The molecule has 0 spiro atoms. The van der Waals surface area contributed by atoms with Gasteiger partial charge in [-0.1, -0.05) is 45.0 Å². The summed E-state index contributed by atoms with van der Waals surface area (Å²) in [6, 6.07) is 8.47. The van der Waals surface area contributed by atoms with Crippen molar-refractivity contribution in [1.82, 2.24) is 5.32 Å². The van der Waals surface area contributed by atoms with Crippen molar-refractivity contribution in [3.63, 3.8) is 0 Å². The standard InChI is InChI=1S/C17H27NO2/c1-12(2)14-6-8-15(9-7-14)13(3)10-16(20)18-17(4,5)11-19/h6-9,12-13,19H,10-11H2,1-5H3,(H,18,20). The summed E-state index contributed by atoms with van der Waals surface area (Å²) in [5.41, 5.74) is 1.93. The maximum Gasteiger partial charge on any atom is 0.221 e. The molecule has 0 bridgehead atoms. The highest BCUT2D eigenvalue weighted by Gasteiger charge is 2.20. The number of nitrogens with one attached hydrogen (secondary N) is 1. The molecule has 0 fully saturated rings. The Balaban J connectivity index is 2.62. The molecule has 0 saturated carbocycles. The monoisotopic (exact) mass is 277 g/mol. The van der Waals surface area contributed by atoms with Crippen LogP contribution < -0.4 is 5.32 Å². The Morgan fingerprint density at radius 2 is 1.65 bits per heavy atom. The first-order valence-corrected chi connectivity index (χ1v) is 7.27. The van der Waals surface area contributed by atoms with E-state index in [1.54, 1.807) is 0 Å². The Labute approximate surface area is 122 Å². The van der Waals surface area contributed by atoms with Gasteiger partial charge in [0.1, 0.15) is 0 Å². The molecular weight excluding hydrogens is 250 g/mol. The van der Waals surface area contributed by atoms with Crippen LogP contribution >= 0.6 is 0 Å². The fraction of sp³-hybridized carbons (Fsp3) is 0.588. The van der Waals surface area contributed by atoms with Crippen LogP contribution in [0.3, 0.4) is 0 Å². The number of hydrogen-bond acceptors (Lipinski definition) is 2. The molecule has 1 rings (SSSR count). The predicted octanol–water partition coefficient (Wildman–Crippen LogP) is 3.19. The highest BCUT2D eigenvalue weighted by atomic mass is 16.3. The molecule has 0 radical (unpaired) electrons. The van der Waals surface area contributed by atoms with Gasteiger partial charge in [-0.05, 0) is 36.8 Å². The minimum absolute atomic E-state index is 0.0236. The summed E-state index contributed by atoms with van der Waals surface area (Å²) in [5, 5.41) is 12.0. The third-order valence-corrected chi connectivity index (χ3v) is 3.54. The summed E-state index contributed by atoms with van der Waals surface area (Å²) in [7, 11) is 0. The molecule has 0 saturated heterocycles. The lowest BCUT2D eigenvalue weighted by Gasteiger charge is -2.24. The van der Waals surface area contributed by atoms with Crippen LogP contribution in [0.15, 0.2) is 24.3 Å². The molecule has 1 aromatic rings. The topological polar surface area (TPSA) is 49.3 Å². The van der Waals surface area contributed by atoms with Gasteiger partial charge in [0.25, 0.3) is 0 Å². The van der Waals surface area contributed by atoms with Crippen LogP contribution in [0.1, 0.15) is 64.0 Å². The molecule has 1 aromatic carbocycles. The maximum atomic E-state index is 12.0. The van der Waals surface area contributed by atoms with E-state index in [4.69, 9.17) is 5.11 Å². The largest absolute Gasteiger partial charge is 0.394 e. The van der Waals surface area contributed by atoms with Gasteiger partial charge in [-0.2, -0.15) is 0 Å².